The van der Waals surface area contributed by atoms with Gasteiger partial charge in [-0.2, -0.15) is 0 Å². The molecule has 2 heterocycles. The summed E-state index contributed by atoms with van der Waals surface area (Å²) >= 11 is 5.17. The van der Waals surface area contributed by atoms with E-state index in [1.807, 2.05) is 0 Å². The summed E-state index contributed by atoms with van der Waals surface area (Å²) in [6.45, 7) is 3.85. The first kappa shape index (κ1) is 19.7. The van der Waals surface area contributed by atoms with Crippen LogP contribution in [0.3, 0.4) is 0 Å². The largest absolute Gasteiger partial charge is 0.493 e. The summed E-state index contributed by atoms with van der Waals surface area (Å²) in [5.74, 6) is 0.918. The Morgan fingerprint density at radius 3 is 2.61 bits per heavy atom. The Hall–Kier alpha value is -3.07. The maximum Gasteiger partial charge on any atom is 0.264 e. The van der Waals surface area contributed by atoms with Gasteiger partial charge in [-0.3, -0.25) is 14.3 Å². The van der Waals surface area contributed by atoms with Crippen LogP contribution in [0.2, 0.25) is 0 Å². The number of alkyl halides is 2. The van der Waals surface area contributed by atoms with E-state index in [-0.39, 0.29) is 28.0 Å². The molecule has 0 saturated carbocycles. The minimum absolute atomic E-state index is 0.0660. The smallest absolute Gasteiger partial charge is 0.264 e. The van der Waals surface area contributed by atoms with Gasteiger partial charge in [0.15, 0.2) is 16.3 Å². The Balaban J connectivity index is 2.39. The van der Waals surface area contributed by atoms with Gasteiger partial charge in [-0.1, -0.05) is 6.08 Å². The number of nitrogens with one attached hydrogen (secondary N) is 1. The first-order chi connectivity index (χ1) is 13.4. The van der Waals surface area contributed by atoms with Gasteiger partial charge in [0, 0.05) is 17.7 Å². The van der Waals surface area contributed by atoms with Crippen molar-refractivity contribution in [2.24, 2.45) is 0 Å². The molecule has 3 aromatic rings. The van der Waals surface area contributed by atoms with Crippen LogP contribution in [-0.4, -0.2) is 28.8 Å². The van der Waals surface area contributed by atoms with Gasteiger partial charge in [0.2, 0.25) is 0 Å². The molecule has 0 fully saturated rings. The lowest BCUT2D eigenvalue weighted by Crippen LogP contribution is -2.17. The molecule has 0 unspecified atom stereocenters. The SMILES string of the molecule is C=CCn1c(=S)[nH]c(=O)c2c(C(F)F)cc(-c3ccc(OC)c(OC)c3)nc21. The Morgan fingerprint density at radius 2 is 2.00 bits per heavy atom. The average Bonchev–Trinajstić information content (AvgIpc) is 2.69. The lowest BCUT2D eigenvalue weighted by atomic mass is 10.1. The second kappa shape index (κ2) is 7.89. The Kier molecular flexibility index (Phi) is 5.55. The number of methoxy groups -OCH3 is 2. The molecular weight excluding hydrogens is 388 g/mol. The van der Waals surface area contributed by atoms with Gasteiger partial charge in [0.25, 0.3) is 12.0 Å². The zero-order valence-electron chi connectivity index (χ0n) is 15.2. The van der Waals surface area contributed by atoms with Gasteiger partial charge in [-0.15, -0.1) is 6.58 Å². The van der Waals surface area contributed by atoms with E-state index in [0.29, 0.717) is 17.1 Å². The monoisotopic (exact) mass is 405 g/mol. The van der Waals surface area contributed by atoms with Gasteiger partial charge < -0.3 is 9.47 Å². The Labute approximate surface area is 164 Å². The predicted molar refractivity (Wildman–Crippen MR) is 105 cm³/mol. The molecule has 0 amide bonds. The summed E-state index contributed by atoms with van der Waals surface area (Å²) in [7, 11) is 2.97. The molecule has 9 heteroatoms. The number of ether oxygens (including phenoxy) is 2. The first-order valence-corrected chi connectivity index (χ1v) is 8.61. The normalized spacial score (nSPS) is 11.0. The van der Waals surface area contributed by atoms with Crippen LogP contribution in [0, 0.1) is 4.77 Å². The Bertz CT molecular complexity index is 1170. The van der Waals surface area contributed by atoms with Crippen LogP contribution in [0.1, 0.15) is 12.0 Å². The summed E-state index contributed by atoms with van der Waals surface area (Å²) in [5, 5.41) is -0.199. The topological polar surface area (TPSA) is 69.1 Å². The highest BCUT2D eigenvalue weighted by Crippen LogP contribution is 2.34. The molecular formula is C19H17F2N3O3S. The van der Waals surface area contributed by atoms with Gasteiger partial charge in [-0.05, 0) is 36.5 Å². The quantitative estimate of drug-likeness (QED) is 0.490. The standard InChI is InChI=1S/C19H17F2N3O3S/c1-4-7-24-17-15(18(25)23-19(24)28)11(16(20)21)9-12(22-17)10-5-6-13(26-2)14(8-10)27-3/h4-6,8-9,16H,1,7H2,2-3H3,(H,23,25,28). The van der Waals surface area contributed by atoms with Crippen molar-refractivity contribution in [2.45, 2.75) is 13.0 Å². The molecule has 28 heavy (non-hydrogen) atoms. The number of benzene rings is 1. The van der Waals surface area contributed by atoms with E-state index in [4.69, 9.17) is 21.7 Å². The van der Waals surface area contributed by atoms with Gasteiger partial charge in [0.05, 0.1) is 25.3 Å². The first-order valence-electron chi connectivity index (χ1n) is 8.20. The summed E-state index contributed by atoms with van der Waals surface area (Å²) in [6, 6.07) is 6.15. The molecule has 0 aliphatic heterocycles. The number of hydrogen-bond donors (Lipinski definition) is 1. The van der Waals surface area contributed by atoms with Crippen molar-refractivity contribution in [2.75, 3.05) is 14.2 Å². The third-order valence-electron chi connectivity index (χ3n) is 4.21. The predicted octanol–water partition coefficient (Wildman–Crippen LogP) is 4.26. The number of aromatic nitrogens is 3. The lowest BCUT2D eigenvalue weighted by molar-refractivity contribution is 0.153. The molecule has 1 N–H and O–H groups in total. The minimum Gasteiger partial charge on any atom is -0.493 e. The van der Waals surface area contributed by atoms with Gasteiger partial charge >= 0.3 is 0 Å². The number of hydrogen-bond acceptors (Lipinski definition) is 5. The molecule has 2 aromatic heterocycles. The number of pyridine rings is 1. The number of nitrogens with zero attached hydrogens (tertiary/aromatic N) is 2. The van der Waals surface area contributed by atoms with Crippen LogP contribution in [0.4, 0.5) is 8.78 Å². The number of halogens is 2. The zero-order chi connectivity index (χ0) is 20.4. The average molecular weight is 405 g/mol. The highest BCUT2D eigenvalue weighted by Gasteiger charge is 2.20. The van der Waals surface area contributed by atoms with E-state index in [0.717, 1.165) is 0 Å². The van der Waals surface area contributed by atoms with E-state index in [9.17, 15) is 13.6 Å². The molecule has 0 bridgehead atoms. The number of H-pyrrole nitrogens is 1. The second-order valence-corrected chi connectivity index (χ2v) is 6.21. The van der Waals surface area contributed by atoms with Crippen molar-refractivity contribution in [3.8, 4) is 22.8 Å². The number of fused-ring (bicyclic) bond motifs is 1. The lowest BCUT2D eigenvalue weighted by Gasteiger charge is -2.14. The van der Waals surface area contributed by atoms with Crippen LogP contribution in [-0.2, 0) is 6.54 Å². The highest BCUT2D eigenvalue weighted by molar-refractivity contribution is 7.71. The number of allylic oxidation sites excluding steroid dienone is 1. The highest BCUT2D eigenvalue weighted by atomic mass is 32.1. The Morgan fingerprint density at radius 1 is 1.29 bits per heavy atom. The number of rotatable bonds is 6. The van der Waals surface area contributed by atoms with Crippen molar-refractivity contribution in [3.63, 3.8) is 0 Å². The summed E-state index contributed by atoms with van der Waals surface area (Å²) in [5.41, 5.74) is -0.290. The van der Waals surface area contributed by atoms with Crippen LogP contribution in [0.25, 0.3) is 22.3 Å². The zero-order valence-corrected chi connectivity index (χ0v) is 16.0. The summed E-state index contributed by atoms with van der Waals surface area (Å²) in [6.07, 6.45) is -1.33. The third kappa shape index (κ3) is 3.40. The van der Waals surface area contributed by atoms with Crippen LogP contribution in [0.15, 0.2) is 41.7 Å². The van der Waals surface area contributed by atoms with Crippen molar-refractivity contribution < 1.29 is 18.3 Å². The fourth-order valence-corrected chi connectivity index (χ4v) is 3.17. The molecule has 0 radical (unpaired) electrons. The molecule has 0 aliphatic carbocycles. The summed E-state index contributed by atoms with van der Waals surface area (Å²) in [4.78, 5) is 19.2. The maximum atomic E-state index is 13.8. The fourth-order valence-electron chi connectivity index (χ4n) is 2.92. The van der Waals surface area contributed by atoms with E-state index >= 15 is 0 Å². The van der Waals surface area contributed by atoms with Gasteiger partial charge in [0.1, 0.15) is 5.65 Å². The van der Waals surface area contributed by atoms with Crippen LogP contribution < -0.4 is 15.0 Å². The van der Waals surface area contributed by atoms with Crippen molar-refractivity contribution in [1.29, 1.82) is 0 Å². The van der Waals surface area contributed by atoms with E-state index in [1.54, 1.807) is 24.3 Å². The van der Waals surface area contributed by atoms with Crippen molar-refractivity contribution in [1.82, 2.24) is 14.5 Å². The van der Waals surface area contributed by atoms with Crippen molar-refractivity contribution in [3.05, 3.63) is 57.6 Å². The molecule has 146 valence electrons. The fraction of sp³-hybridized carbons (Fsp3) is 0.211. The minimum atomic E-state index is -2.88. The molecule has 1 aromatic carbocycles. The van der Waals surface area contributed by atoms with Gasteiger partial charge in [-0.25, -0.2) is 13.8 Å². The molecule has 0 spiro atoms. The number of aromatic amines is 1. The van der Waals surface area contributed by atoms with E-state index in [1.165, 1.54) is 24.9 Å². The molecule has 6 nitrogen and oxygen atoms in total. The van der Waals surface area contributed by atoms with Crippen LogP contribution >= 0.6 is 12.2 Å². The second-order valence-electron chi connectivity index (χ2n) is 5.82. The van der Waals surface area contributed by atoms with Crippen LogP contribution in [0.5, 0.6) is 11.5 Å². The third-order valence-corrected chi connectivity index (χ3v) is 4.53. The molecule has 3 rings (SSSR count). The summed E-state index contributed by atoms with van der Waals surface area (Å²) < 4.78 is 39.6. The molecule has 0 aliphatic rings. The molecule has 0 saturated heterocycles. The maximum absolute atomic E-state index is 13.8. The molecule has 0 atom stereocenters. The van der Waals surface area contributed by atoms with Crippen molar-refractivity contribution >= 4 is 23.3 Å². The van der Waals surface area contributed by atoms with E-state index in [2.05, 4.69) is 16.5 Å². The van der Waals surface area contributed by atoms with E-state index < -0.39 is 17.5 Å².